The van der Waals surface area contributed by atoms with Gasteiger partial charge in [0.05, 0.1) is 6.10 Å². The van der Waals surface area contributed by atoms with Crippen molar-refractivity contribution in [1.82, 2.24) is 0 Å². The van der Waals surface area contributed by atoms with Gasteiger partial charge in [-0.3, -0.25) is 4.55 Å². The predicted octanol–water partition coefficient (Wildman–Crippen LogP) is 1.93. The lowest BCUT2D eigenvalue weighted by Gasteiger charge is -2.14. The third-order valence-electron chi connectivity index (χ3n) is 2.67. The highest BCUT2D eigenvalue weighted by Crippen LogP contribution is 2.31. The van der Waals surface area contributed by atoms with Crippen LogP contribution in [0.25, 0.3) is 0 Å². The number of hydrogen-bond donors (Lipinski definition) is 1. The Hall–Kier alpha value is -0.910. The predicted molar refractivity (Wildman–Crippen MR) is 59.6 cm³/mol. The summed E-state index contributed by atoms with van der Waals surface area (Å²) in [5, 5.41) is 0. The molecule has 4 nitrogen and oxygen atoms in total. The van der Waals surface area contributed by atoms with Crippen molar-refractivity contribution in [1.29, 1.82) is 0 Å². The van der Waals surface area contributed by atoms with Gasteiger partial charge in [0, 0.05) is 6.61 Å². The third kappa shape index (κ3) is 2.81. The molecule has 0 radical (unpaired) electrons. The summed E-state index contributed by atoms with van der Waals surface area (Å²) in [7, 11) is -3.98. The second-order valence-corrected chi connectivity index (χ2v) is 5.38. The average molecular weight is 242 g/mol. The fourth-order valence-electron chi connectivity index (χ4n) is 2.00. The molecule has 0 saturated carbocycles. The van der Waals surface area contributed by atoms with E-state index in [0.717, 1.165) is 18.4 Å². The van der Waals surface area contributed by atoms with Crippen LogP contribution in [0.1, 0.15) is 30.1 Å². The van der Waals surface area contributed by atoms with Gasteiger partial charge in [0.15, 0.2) is 0 Å². The zero-order valence-corrected chi connectivity index (χ0v) is 9.61. The molecule has 5 heteroatoms. The van der Waals surface area contributed by atoms with E-state index in [1.165, 1.54) is 0 Å². The Labute approximate surface area is 95.0 Å². The van der Waals surface area contributed by atoms with Crippen molar-refractivity contribution in [3.8, 4) is 0 Å². The van der Waals surface area contributed by atoms with E-state index in [1.807, 2.05) is 12.1 Å². The molecule has 1 heterocycles. The van der Waals surface area contributed by atoms with E-state index >= 15 is 0 Å². The molecule has 1 aromatic carbocycles. The van der Waals surface area contributed by atoms with Crippen molar-refractivity contribution in [3.63, 3.8) is 0 Å². The molecular formula is C11H14O4S. The van der Waals surface area contributed by atoms with Gasteiger partial charge in [0.25, 0.3) is 10.1 Å². The van der Waals surface area contributed by atoms with Gasteiger partial charge < -0.3 is 4.74 Å². The second-order valence-electron chi connectivity index (χ2n) is 3.93. The van der Waals surface area contributed by atoms with Gasteiger partial charge in [-0.25, -0.2) is 0 Å². The van der Waals surface area contributed by atoms with Crippen molar-refractivity contribution in [3.05, 3.63) is 35.4 Å². The molecule has 0 amide bonds. The lowest BCUT2D eigenvalue weighted by molar-refractivity contribution is 0.111. The van der Waals surface area contributed by atoms with Gasteiger partial charge in [0.1, 0.15) is 5.75 Å². The Morgan fingerprint density at radius 1 is 1.38 bits per heavy atom. The summed E-state index contributed by atoms with van der Waals surface area (Å²) in [6, 6.07) is 7.19. The summed E-state index contributed by atoms with van der Waals surface area (Å²) in [4.78, 5) is 0. The molecule has 1 unspecified atom stereocenters. The molecule has 1 fully saturated rings. The van der Waals surface area contributed by atoms with Gasteiger partial charge in [-0.15, -0.1) is 0 Å². The van der Waals surface area contributed by atoms with Crippen LogP contribution >= 0.6 is 0 Å². The SMILES string of the molecule is O=S(=O)(O)Cc1ccccc1C1CCCO1. The first kappa shape index (κ1) is 11.6. The Balaban J connectivity index is 2.30. The van der Waals surface area contributed by atoms with Crippen LogP contribution in [-0.4, -0.2) is 19.6 Å². The minimum atomic E-state index is -3.98. The normalized spacial score (nSPS) is 21.2. The van der Waals surface area contributed by atoms with Crippen molar-refractivity contribution in [2.45, 2.75) is 24.7 Å². The van der Waals surface area contributed by atoms with Crippen LogP contribution in [0.3, 0.4) is 0 Å². The molecule has 88 valence electrons. The molecule has 1 N–H and O–H groups in total. The van der Waals surface area contributed by atoms with E-state index in [4.69, 9.17) is 9.29 Å². The Morgan fingerprint density at radius 3 is 2.75 bits per heavy atom. The van der Waals surface area contributed by atoms with Crippen molar-refractivity contribution < 1.29 is 17.7 Å². The number of hydrogen-bond acceptors (Lipinski definition) is 3. The zero-order valence-electron chi connectivity index (χ0n) is 8.80. The largest absolute Gasteiger partial charge is 0.374 e. The Kier molecular flexibility index (Phi) is 3.28. The van der Waals surface area contributed by atoms with Crippen LogP contribution in [0.4, 0.5) is 0 Å². The second kappa shape index (κ2) is 4.53. The van der Waals surface area contributed by atoms with Crippen LogP contribution in [0.2, 0.25) is 0 Å². The summed E-state index contributed by atoms with van der Waals surface area (Å²) in [5.41, 5.74) is 1.49. The molecule has 1 aliphatic rings. The van der Waals surface area contributed by atoms with E-state index in [0.29, 0.717) is 12.2 Å². The van der Waals surface area contributed by atoms with Crippen LogP contribution < -0.4 is 0 Å². The van der Waals surface area contributed by atoms with Gasteiger partial charge in [-0.2, -0.15) is 8.42 Å². The first-order chi connectivity index (χ1) is 7.56. The first-order valence-corrected chi connectivity index (χ1v) is 6.82. The van der Waals surface area contributed by atoms with Gasteiger partial charge >= 0.3 is 0 Å². The molecule has 2 rings (SSSR count). The summed E-state index contributed by atoms with van der Waals surface area (Å²) in [6.07, 6.45) is 1.87. The van der Waals surface area contributed by atoms with Crippen LogP contribution in [0, 0.1) is 0 Å². The maximum absolute atomic E-state index is 10.9. The van der Waals surface area contributed by atoms with E-state index < -0.39 is 10.1 Å². The molecule has 1 aliphatic heterocycles. The highest BCUT2D eigenvalue weighted by molar-refractivity contribution is 7.85. The molecule has 0 aromatic heterocycles. The maximum Gasteiger partial charge on any atom is 0.269 e. The van der Waals surface area contributed by atoms with E-state index in [2.05, 4.69) is 0 Å². The number of rotatable bonds is 3. The minimum absolute atomic E-state index is 0.0297. The highest BCUT2D eigenvalue weighted by Gasteiger charge is 2.21. The zero-order chi connectivity index (χ0) is 11.6. The standard InChI is InChI=1S/C11H14O4S/c12-16(13,14)8-9-4-1-2-5-10(9)11-6-3-7-15-11/h1-2,4-5,11H,3,6-8H2,(H,12,13,14). The molecule has 1 saturated heterocycles. The highest BCUT2D eigenvalue weighted by atomic mass is 32.2. The minimum Gasteiger partial charge on any atom is -0.374 e. The molecular weight excluding hydrogens is 228 g/mol. The van der Waals surface area contributed by atoms with Crippen molar-refractivity contribution >= 4 is 10.1 Å². The van der Waals surface area contributed by atoms with E-state index in [-0.39, 0.29) is 11.9 Å². The Bertz CT molecular complexity index is 461. The van der Waals surface area contributed by atoms with Crippen LogP contribution in [0.15, 0.2) is 24.3 Å². The smallest absolute Gasteiger partial charge is 0.269 e. The summed E-state index contributed by atoms with van der Waals surface area (Å²) in [6.45, 7) is 0.713. The number of benzene rings is 1. The van der Waals surface area contributed by atoms with E-state index in [1.54, 1.807) is 12.1 Å². The molecule has 0 bridgehead atoms. The molecule has 0 spiro atoms. The van der Waals surface area contributed by atoms with Crippen LogP contribution in [0.5, 0.6) is 0 Å². The molecule has 1 aromatic rings. The monoisotopic (exact) mass is 242 g/mol. The third-order valence-corrected chi connectivity index (χ3v) is 3.35. The fourth-order valence-corrected chi connectivity index (χ4v) is 2.66. The van der Waals surface area contributed by atoms with Crippen LogP contribution in [-0.2, 0) is 20.6 Å². The fraction of sp³-hybridized carbons (Fsp3) is 0.455. The van der Waals surface area contributed by atoms with Gasteiger partial charge in [-0.05, 0) is 24.0 Å². The van der Waals surface area contributed by atoms with Gasteiger partial charge in [-0.1, -0.05) is 24.3 Å². The lowest BCUT2D eigenvalue weighted by Crippen LogP contribution is -2.07. The summed E-state index contributed by atoms with van der Waals surface area (Å²) < 4.78 is 36.2. The topological polar surface area (TPSA) is 63.6 Å². The summed E-state index contributed by atoms with van der Waals surface area (Å²) in [5.74, 6) is -0.344. The lowest BCUT2D eigenvalue weighted by atomic mass is 10.0. The van der Waals surface area contributed by atoms with Crippen molar-refractivity contribution in [2.24, 2.45) is 0 Å². The number of ether oxygens (including phenoxy) is 1. The molecule has 1 atom stereocenters. The maximum atomic E-state index is 10.9. The van der Waals surface area contributed by atoms with Crippen molar-refractivity contribution in [2.75, 3.05) is 6.61 Å². The van der Waals surface area contributed by atoms with Gasteiger partial charge in [0.2, 0.25) is 0 Å². The molecule has 16 heavy (non-hydrogen) atoms. The molecule has 0 aliphatic carbocycles. The summed E-state index contributed by atoms with van der Waals surface area (Å²) >= 11 is 0. The quantitative estimate of drug-likeness (QED) is 0.822. The van der Waals surface area contributed by atoms with E-state index in [9.17, 15) is 8.42 Å². The Morgan fingerprint density at radius 2 is 2.12 bits per heavy atom. The average Bonchev–Trinajstić information content (AvgIpc) is 2.69. The first-order valence-electron chi connectivity index (χ1n) is 5.21.